The average Bonchev–Trinajstić information content (AvgIpc) is 3.03. The van der Waals surface area contributed by atoms with E-state index in [1.165, 1.54) is 31.3 Å². The number of hydrogen-bond acceptors (Lipinski definition) is 0. The Morgan fingerprint density at radius 2 is 1.62 bits per heavy atom. The van der Waals surface area contributed by atoms with Crippen LogP contribution in [0.25, 0.3) is 0 Å². The van der Waals surface area contributed by atoms with Crippen molar-refractivity contribution in [2.75, 3.05) is 0 Å². The van der Waals surface area contributed by atoms with Gasteiger partial charge >= 0.3 is 0 Å². The topological polar surface area (TPSA) is 0 Å². The van der Waals surface area contributed by atoms with Crippen molar-refractivity contribution in [2.24, 2.45) is 5.41 Å². The standard InChI is InChI=1S/C12H20.2C2H6/c1-5-6-11(9-10(2)3)12(4)7-8-12;2*1-2/h9H,2,5-8H2,1,3-4H3;2*1-2H3/b11-9+;;. The minimum Gasteiger partial charge on any atom is -0.0961 e. The monoisotopic (exact) mass is 224 g/mol. The molecule has 0 nitrogen and oxygen atoms in total. The third kappa shape index (κ3) is 6.87. The second-order valence-electron chi connectivity index (χ2n) is 4.33. The normalized spacial score (nSPS) is 16.3. The van der Waals surface area contributed by atoms with Crippen LogP contribution in [0.5, 0.6) is 0 Å². The highest BCUT2D eigenvalue weighted by molar-refractivity contribution is 5.27. The maximum absolute atomic E-state index is 3.94. The summed E-state index contributed by atoms with van der Waals surface area (Å²) < 4.78 is 0. The zero-order chi connectivity index (χ0) is 13.2. The predicted molar refractivity (Wildman–Crippen MR) is 77.8 cm³/mol. The first-order valence-electron chi connectivity index (χ1n) is 6.95. The Balaban J connectivity index is 0. The Bertz CT molecular complexity index is 204. The molecule has 0 heteroatoms. The lowest BCUT2D eigenvalue weighted by atomic mass is 9.92. The molecule has 0 aromatic carbocycles. The molecular formula is C16H32. The molecule has 0 unspecified atom stereocenters. The summed E-state index contributed by atoms with van der Waals surface area (Å²) in [6.07, 6.45) is 7.56. The fourth-order valence-corrected chi connectivity index (χ4v) is 1.62. The van der Waals surface area contributed by atoms with E-state index in [0.29, 0.717) is 5.41 Å². The summed E-state index contributed by atoms with van der Waals surface area (Å²) in [6, 6.07) is 0. The van der Waals surface area contributed by atoms with E-state index in [1.807, 2.05) is 27.7 Å². The average molecular weight is 224 g/mol. The third-order valence-electron chi connectivity index (χ3n) is 2.72. The molecule has 0 amide bonds. The largest absolute Gasteiger partial charge is 0.0961 e. The van der Waals surface area contributed by atoms with Crippen molar-refractivity contribution in [3.63, 3.8) is 0 Å². The van der Waals surface area contributed by atoms with Crippen LogP contribution in [0.1, 0.15) is 74.1 Å². The van der Waals surface area contributed by atoms with E-state index >= 15 is 0 Å². The highest BCUT2D eigenvalue weighted by atomic mass is 14.4. The van der Waals surface area contributed by atoms with Gasteiger partial charge in [-0.05, 0) is 31.6 Å². The molecule has 0 aromatic heterocycles. The van der Waals surface area contributed by atoms with E-state index < -0.39 is 0 Å². The number of allylic oxidation sites excluding steroid dienone is 3. The number of hydrogen-bond donors (Lipinski definition) is 0. The van der Waals surface area contributed by atoms with Crippen LogP contribution in [0, 0.1) is 5.41 Å². The first kappa shape index (κ1) is 17.9. The fraction of sp³-hybridized carbons (Fsp3) is 0.750. The Morgan fingerprint density at radius 3 is 1.88 bits per heavy atom. The molecule has 1 fully saturated rings. The van der Waals surface area contributed by atoms with Crippen LogP contribution in [0.4, 0.5) is 0 Å². The van der Waals surface area contributed by atoms with E-state index in [0.717, 1.165) is 0 Å². The minimum absolute atomic E-state index is 0.551. The van der Waals surface area contributed by atoms with Crippen molar-refractivity contribution in [2.45, 2.75) is 74.1 Å². The molecule has 0 spiro atoms. The molecule has 1 saturated carbocycles. The van der Waals surface area contributed by atoms with Crippen LogP contribution in [-0.2, 0) is 0 Å². The highest BCUT2D eigenvalue weighted by Crippen LogP contribution is 2.52. The molecule has 16 heavy (non-hydrogen) atoms. The maximum atomic E-state index is 3.94. The molecule has 1 aliphatic carbocycles. The van der Waals surface area contributed by atoms with Gasteiger partial charge in [0.15, 0.2) is 0 Å². The molecule has 0 radical (unpaired) electrons. The molecule has 0 atom stereocenters. The third-order valence-corrected chi connectivity index (χ3v) is 2.72. The predicted octanol–water partition coefficient (Wildman–Crippen LogP) is 6.14. The van der Waals surface area contributed by atoms with Crippen LogP contribution in [0.2, 0.25) is 0 Å². The summed E-state index contributed by atoms with van der Waals surface area (Å²) in [7, 11) is 0. The quantitative estimate of drug-likeness (QED) is 0.503. The van der Waals surface area contributed by atoms with Crippen molar-refractivity contribution in [3.05, 3.63) is 23.8 Å². The minimum atomic E-state index is 0.551. The Morgan fingerprint density at radius 1 is 1.19 bits per heavy atom. The van der Waals surface area contributed by atoms with E-state index in [9.17, 15) is 0 Å². The Labute approximate surface area is 104 Å². The van der Waals surface area contributed by atoms with Gasteiger partial charge in [-0.15, -0.1) is 0 Å². The lowest BCUT2D eigenvalue weighted by Gasteiger charge is -2.13. The van der Waals surface area contributed by atoms with Gasteiger partial charge in [-0.3, -0.25) is 0 Å². The molecule has 1 rings (SSSR count). The zero-order valence-corrected chi connectivity index (χ0v) is 12.6. The van der Waals surface area contributed by atoms with Crippen LogP contribution in [0.3, 0.4) is 0 Å². The molecule has 96 valence electrons. The smallest absolute Gasteiger partial charge is 0.0113 e. The fourth-order valence-electron chi connectivity index (χ4n) is 1.62. The van der Waals surface area contributed by atoms with Crippen molar-refractivity contribution >= 4 is 0 Å². The first-order valence-corrected chi connectivity index (χ1v) is 6.95. The van der Waals surface area contributed by atoms with Crippen molar-refractivity contribution in [3.8, 4) is 0 Å². The van der Waals surface area contributed by atoms with Crippen LogP contribution in [0.15, 0.2) is 23.8 Å². The molecule has 0 saturated heterocycles. The van der Waals surface area contributed by atoms with E-state index in [-0.39, 0.29) is 0 Å². The molecule has 0 aromatic rings. The molecular weight excluding hydrogens is 192 g/mol. The SMILES string of the molecule is C=C(C)/C=C(\CCC)C1(C)CC1.CC.CC. The highest BCUT2D eigenvalue weighted by Gasteiger charge is 2.39. The number of rotatable bonds is 4. The summed E-state index contributed by atoms with van der Waals surface area (Å²) in [4.78, 5) is 0. The van der Waals surface area contributed by atoms with Gasteiger partial charge in [0.25, 0.3) is 0 Å². The van der Waals surface area contributed by atoms with E-state index in [1.54, 1.807) is 5.57 Å². The van der Waals surface area contributed by atoms with Gasteiger partial charge in [0.2, 0.25) is 0 Å². The van der Waals surface area contributed by atoms with Gasteiger partial charge in [0.05, 0.1) is 0 Å². The molecule has 1 aliphatic rings. The summed E-state index contributed by atoms with van der Waals surface area (Å²) in [5.74, 6) is 0. The van der Waals surface area contributed by atoms with E-state index in [4.69, 9.17) is 0 Å². The van der Waals surface area contributed by atoms with Gasteiger partial charge in [-0.25, -0.2) is 0 Å². The molecule has 0 aliphatic heterocycles. The van der Waals surface area contributed by atoms with Gasteiger partial charge < -0.3 is 0 Å². The zero-order valence-electron chi connectivity index (χ0n) is 12.6. The van der Waals surface area contributed by atoms with Crippen LogP contribution in [-0.4, -0.2) is 0 Å². The van der Waals surface area contributed by atoms with Crippen LogP contribution < -0.4 is 0 Å². The molecule has 0 bridgehead atoms. The Kier molecular flexibility index (Phi) is 10.8. The van der Waals surface area contributed by atoms with Gasteiger partial charge in [0.1, 0.15) is 0 Å². The van der Waals surface area contributed by atoms with Crippen molar-refractivity contribution in [1.29, 1.82) is 0 Å². The van der Waals surface area contributed by atoms with Crippen LogP contribution >= 0.6 is 0 Å². The molecule has 0 heterocycles. The lowest BCUT2D eigenvalue weighted by Crippen LogP contribution is -1.98. The van der Waals surface area contributed by atoms with E-state index in [2.05, 4.69) is 33.4 Å². The second-order valence-corrected chi connectivity index (χ2v) is 4.33. The van der Waals surface area contributed by atoms with Crippen molar-refractivity contribution < 1.29 is 0 Å². The second kappa shape index (κ2) is 9.69. The first-order chi connectivity index (χ1) is 7.58. The summed E-state index contributed by atoms with van der Waals surface area (Å²) in [6.45, 7) is 18.6. The van der Waals surface area contributed by atoms with Crippen molar-refractivity contribution in [1.82, 2.24) is 0 Å². The van der Waals surface area contributed by atoms with Gasteiger partial charge in [-0.2, -0.15) is 0 Å². The summed E-state index contributed by atoms with van der Waals surface area (Å²) in [5.41, 5.74) is 3.37. The van der Waals surface area contributed by atoms with Gasteiger partial charge in [-0.1, -0.05) is 71.8 Å². The summed E-state index contributed by atoms with van der Waals surface area (Å²) in [5, 5.41) is 0. The van der Waals surface area contributed by atoms with Gasteiger partial charge in [0, 0.05) is 0 Å². The summed E-state index contributed by atoms with van der Waals surface area (Å²) >= 11 is 0. The Hall–Kier alpha value is -0.520. The molecule has 0 N–H and O–H groups in total. The maximum Gasteiger partial charge on any atom is -0.0113 e. The lowest BCUT2D eigenvalue weighted by molar-refractivity contribution is 0.637.